The third kappa shape index (κ3) is 3.63. The van der Waals surface area contributed by atoms with Crippen LogP contribution in [0.25, 0.3) is 0 Å². The van der Waals surface area contributed by atoms with Crippen LogP contribution in [0, 0.1) is 6.92 Å². The fourth-order valence-corrected chi connectivity index (χ4v) is 4.33. The molecule has 2 aromatic heterocycles. The van der Waals surface area contributed by atoms with Crippen molar-refractivity contribution in [2.24, 2.45) is 0 Å². The molecule has 4 rings (SSSR count). The first-order chi connectivity index (χ1) is 14.0. The minimum Gasteiger partial charge on any atom is -0.338 e. The Morgan fingerprint density at radius 3 is 2.83 bits per heavy atom. The Bertz CT molecular complexity index is 937. The standard InChI is InChI=1S/C21H28N6O2/c1-4-16-13(2)19(25-24-16)21(29)27-9-6-5-7-18(27)20-22-11-15-12-26(14(3)28)10-8-17(15)23-20/h11,18H,4-10,12H2,1-3H3,(H,24,25)/t18-/m0/s1. The lowest BCUT2D eigenvalue weighted by Crippen LogP contribution is -2.40. The van der Waals surface area contributed by atoms with E-state index in [1.165, 1.54) is 0 Å². The first-order valence-corrected chi connectivity index (χ1v) is 10.4. The van der Waals surface area contributed by atoms with Crippen LogP contribution in [0.1, 0.15) is 78.0 Å². The number of rotatable bonds is 3. The number of fused-ring (bicyclic) bond motifs is 1. The summed E-state index contributed by atoms with van der Waals surface area (Å²) in [5.74, 6) is 0.730. The monoisotopic (exact) mass is 396 g/mol. The zero-order valence-electron chi connectivity index (χ0n) is 17.4. The van der Waals surface area contributed by atoms with Gasteiger partial charge in [-0.2, -0.15) is 5.10 Å². The Labute approximate surface area is 170 Å². The van der Waals surface area contributed by atoms with Gasteiger partial charge in [0.1, 0.15) is 0 Å². The summed E-state index contributed by atoms with van der Waals surface area (Å²) in [6, 6.07) is -0.131. The fourth-order valence-electron chi connectivity index (χ4n) is 4.33. The molecule has 0 saturated carbocycles. The van der Waals surface area contributed by atoms with Crippen molar-refractivity contribution in [1.82, 2.24) is 30.0 Å². The van der Waals surface area contributed by atoms with E-state index in [2.05, 4.69) is 15.2 Å². The van der Waals surface area contributed by atoms with Crippen LogP contribution in [0.5, 0.6) is 0 Å². The lowest BCUT2D eigenvalue weighted by molar-refractivity contribution is -0.129. The van der Waals surface area contributed by atoms with Crippen LogP contribution in [0.3, 0.4) is 0 Å². The summed E-state index contributed by atoms with van der Waals surface area (Å²) in [6.45, 7) is 7.52. The second-order valence-electron chi connectivity index (χ2n) is 7.93. The maximum atomic E-state index is 13.3. The average Bonchev–Trinajstić information content (AvgIpc) is 3.12. The molecule has 2 amide bonds. The van der Waals surface area contributed by atoms with Gasteiger partial charge in [0.25, 0.3) is 5.91 Å². The van der Waals surface area contributed by atoms with Crippen molar-refractivity contribution < 1.29 is 9.59 Å². The van der Waals surface area contributed by atoms with E-state index in [9.17, 15) is 9.59 Å². The Morgan fingerprint density at radius 2 is 2.10 bits per heavy atom. The minimum absolute atomic E-state index is 0.0489. The third-order valence-corrected chi connectivity index (χ3v) is 6.13. The maximum absolute atomic E-state index is 13.3. The van der Waals surface area contributed by atoms with Crippen molar-refractivity contribution in [3.05, 3.63) is 40.2 Å². The van der Waals surface area contributed by atoms with E-state index in [-0.39, 0.29) is 17.9 Å². The van der Waals surface area contributed by atoms with Crippen LogP contribution in [-0.4, -0.2) is 54.9 Å². The summed E-state index contributed by atoms with van der Waals surface area (Å²) in [5, 5.41) is 7.28. The van der Waals surface area contributed by atoms with Gasteiger partial charge in [-0.15, -0.1) is 0 Å². The lowest BCUT2D eigenvalue weighted by Gasteiger charge is -2.35. The van der Waals surface area contributed by atoms with Gasteiger partial charge >= 0.3 is 0 Å². The number of likely N-dealkylation sites (tertiary alicyclic amines) is 1. The van der Waals surface area contributed by atoms with Crippen molar-refractivity contribution in [2.45, 2.75) is 65.5 Å². The third-order valence-electron chi connectivity index (χ3n) is 6.13. The summed E-state index contributed by atoms with van der Waals surface area (Å²) >= 11 is 0. The molecule has 29 heavy (non-hydrogen) atoms. The number of aromatic amines is 1. The van der Waals surface area contributed by atoms with E-state index < -0.39 is 0 Å². The average molecular weight is 396 g/mol. The lowest BCUT2D eigenvalue weighted by atomic mass is 9.99. The minimum atomic E-state index is -0.131. The molecular formula is C21H28N6O2. The van der Waals surface area contributed by atoms with Gasteiger partial charge in [-0.05, 0) is 32.6 Å². The Hall–Kier alpha value is -2.77. The number of piperidine rings is 1. The number of hydrogen-bond acceptors (Lipinski definition) is 5. The summed E-state index contributed by atoms with van der Waals surface area (Å²) < 4.78 is 0. The molecule has 2 aliphatic rings. The van der Waals surface area contributed by atoms with Crippen molar-refractivity contribution in [3.8, 4) is 0 Å². The Balaban J connectivity index is 1.60. The Morgan fingerprint density at radius 1 is 1.28 bits per heavy atom. The summed E-state index contributed by atoms with van der Waals surface area (Å²) in [5.41, 5.74) is 4.43. The first kappa shape index (κ1) is 19.5. The molecule has 1 saturated heterocycles. The number of carbonyl (C=O) groups is 2. The van der Waals surface area contributed by atoms with Gasteiger partial charge in [0.2, 0.25) is 5.91 Å². The molecule has 2 aliphatic heterocycles. The van der Waals surface area contributed by atoms with Crippen LogP contribution in [0.4, 0.5) is 0 Å². The number of carbonyl (C=O) groups excluding carboxylic acids is 2. The molecule has 1 atom stereocenters. The summed E-state index contributed by atoms with van der Waals surface area (Å²) in [6.07, 6.45) is 6.26. The topological polar surface area (TPSA) is 95.1 Å². The van der Waals surface area contributed by atoms with Crippen LogP contribution < -0.4 is 0 Å². The molecule has 0 spiro atoms. The number of nitrogens with zero attached hydrogens (tertiary/aromatic N) is 5. The number of H-pyrrole nitrogens is 1. The van der Waals surface area contributed by atoms with E-state index in [0.717, 1.165) is 54.6 Å². The predicted octanol–water partition coefficient (Wildman–Crippen LogP) is 2.34. The molecule has 4 heterocycles. The summed E-state index contributed by atoms with van der Waals surface area (Å²) in [7, 11) is 0. The van der Waals surface area contributed by atoms with Crippen molar-refractivity contribution in [1.29, 1.82) is 0 Å². The molecule has 2 aromatic rings. The molecule has 1 N–H and O–H groups in total. The number of aryl methyl sites for hydroxylation is 1. The van der Waals surface area contributed by atoms with Crippen LogP contribution in [-0.2, 0) is 24.2 Å². The molecule has 0 bridgehead atoms. The van der Waals surface area contributed by atoms with Gasteiger partial charge in [0.15, 0.2) is 11.5 Å². The van der Waals surface area contributed by atoms with Gasteiger partial charge in [0.05, 0.1) is 11.7 Å². The predicted molar refractivity (Wildman–Crippen MR) is 107 cm³/mol. The van der Waals surface area contributed by atoms with Gasteiger partial charge in [-0.1, -0.05) is 6.92 Å². The second kappa shape index (κ2) is 7.93. The van der Waals surface area contributed by atoms with E-state index in [0.29, 0.717) is 31.2 Å². The molecule has 1 fully saturated rings. The molecule has 0 radical (unpaired) electrons. The fraction of sp³-hybridized carbons (Fsp3) is 0.571. The summed E-state index contributed by atoms with van der Waals surface area (Å²) in [4.78, 5) is 38.1. The highest BCUT2D eigenvalue weighted by atomic mass is 16.2. The quantitative estimate of drug-likeness (QED) is 0.859. The zero-order chi connectivity index (χ0) is 20.5. The largest absolute Gasteiger partial charge is 0.338 e. The zero-order valence-corrected chi connectivity index (χ0v) is 17.4. The number of aromatic nitrogens is 4. The smallest absolute Gasteiger partial charge is 0.275 e. The van der Waals surface area contributed by atoms with Gasteiger partial charge < -0.3 is 9.80 Å². The van der Waals surface area contributed by atoms with Crippen molar-refractivity contribution in [3.63, 3.8) is 0 Å². The van der Waals surface area contributed by atoms with Gasteiger partial charge in [-0.3, -0.25) is 14.7 Å². The van der Waals surface area contributed by atoms with E-state index in [4.69, 9.17) is 4.98 Å². The highest BCUT2D eigenvalue weighted by molar-refractivity contribution is 5.94. The van der Waals surface area contributed by atoms with E-state index in [1.54, 1.807) is 6.92 Å². The van der Waals surface area contributed by atoms with E-state index in [1.807, 2.05) is 29.8 Å². The van der Waals surface area contributed by atoms with Gasteiger partial charge in [-0.25, -0.2) is 9.97 Å². The molecule has 0 aromatic carbocycles. The van der Waals surface area contributed by atoms with E-state index >= 15 is 0 Å². The first-order valence-electron chi connectivity index (χ1n) is 10.4. The molecule has 0 unspecified atom stereocenters. The maximum Gasteiger partial charge on any atom is 0.275 e. The highest BCUT2D eigenvalue weighted by Crippen LogP contribution is 2.31. The molecule has 8 nitrogen and oxygen atoms in total. The molecule has 8 heteroatoms. The number of amides is 2. The van der Waals surface area contributed by atoms with Crippen LogP contribution in [0.2, 0.25) is 0 Å². The SMILES string of the molecule is CCc1[nH]nc(C(=O)N2CCCC[C@H]2c2ncc3c(n2)CCN(C(C)=O)C3)c1C. The van der Waals surface area contributed by atoms with Gasteiger partial charge in [0, 0.05) is 56.0 Å². The molecule has 154 valence electrons. The second-order valence-corrected chi connectivity index (χ2v) is 7.93. The number of nitrogens with one attached hydrogen (secondary N) is 1. The molecular weight excluding hydrogens is 368 g/mol. The highest BCUT2D eigenvalue weighted by Gasteiger charge is 2.33. The number of hydrogen-bond donors (Lipinski definition) is 1. The van der Waals surface area contributed by atoms with Crippen LogP contribution >= 0.6 is 0 Å². The van der Waals surface area contributed by atoms with Crippen LogP contribution in [0.15, 0.2) is 6.20 Å². The normalized spacial score (nSPS) is 19.2. The van der Waals surface area contributed by atoms with Crippen molar-refractivity contribution >= 4 is 11.8 Å². The molecule has 0 aliphatic carbocycles. The Kier molecular flexibility index (Phi) is 5.34. The van der Waals surface area contributed by atoms with Crippen molar-refractivity contribution in [2.75, 3.05) is 13.1 Å².